The van der Waals surface area contributed by atoms with Crippen LogP contribution < -0.4 is 5.32 Å². The number of para-hydroxylation sites is 1. The minimum Gasteiger partial charge on any atom is -0.446 e. The Kier molecular flexibility index (Phi) is 7.10. The molecule has 0 bridgehead atoms. The molecule has 0 aromatic heterocycles. The minimum absolute atomic E-state index is 0.0353. The number of non-ortho nitro benzene ring substituents is 1. The van der Waals surface area contributed by atoms with Gasteiger partial charge in [0.1, 0.15) is 12.6 Å². The number of benzene rings is 3. The molecule has 2 amide bonds. The SMILES string of the molecule is CC(C)[C@H](C(=O)N1C(=O)OC[C@H]1c1ccccc1)[C@H](Nc1ccccc1)c1ccc([N+](=O)[O-])cc1. The molecule has 1 aliphatic heterocycles. The van der Waals surface area contributed by atoms with Crippen LogP contribution in [0, 0.1) is 22.0 Å². The van der Waals surface area contributed by atoms with Gasteiger partial charge in [0.15, 0.2) is 0 Å². The number of carbonyl (C=O) groups excluding carboxylic acids is 2. The normalized spacial score (nSPS) is 17.1. The van der Waals surface area contributed by atoms with Gasteiger partial charge in [-0.25, -0.2) is 9.69 Å². The number of amides is 2. The van der Waals surface area contributed by atoms with Gasteiger partial charge in [-0.15, -0.1) is 0 Å². The topological polar surface area (TPSA) is 102 Å². The Labute approximate surface area is 203 Å². The molecule has 0 spiro atoms. The predicted molar refractivity (Wildman–Crippen MR) is 132 cm³/mol. The van der Waals surface area contributed by atoms with Crippen molar-refractivity contribution in [1.29, 1.82) is 0 Å². The molecular formula is C27H27N3O5. The van der Waals surface area contributed by atoms with Gasteiger partial charge in [-0.1, -0.05) is 74.5 Å². The molecule has 8 nitrogen and oxygen atoms in total. The number of ether oxygens (including phenoxy) is 1. The van der Waals surface area contributed by atoms with E-state index in [1.807, 2.05) is 74.5 Å². The van der Waals surface area contributed by atoms with E-state index < -0.39 is 29.0 Å². The highest BCUT2D eigenvalue weighted by Crippen LogP contribution is 2.37. The number of nitro benzene ring substituents is 1. The monoisotopic (exact) mass is 473 g/mol. The first-order valence-corrected chi connectivity index (χ1v) is 11.5. The van der Waals surface area contributed by atoms with Crippen LogP contribution in [0.3, 0.4) is 0 Å². The van der Waals surface area contributed by atoms with Gasteiger partial charge < -0.3 is 10.1 Å². The highest BCUT2D eigenvalue weighted by Gasteiger charge is 2.45. The smallest absolute Gasteiger partial charge is 0.417 e. The molecule has 8 heteroatoms. The predicted octanol–water partition coefficient (Wildman–Crippen LogP) is 5.74. The maximum atomic E-state index is 14.0. The molecule has 3 aromatic rings. The summed E-state index contributed by atoms with van der Waals surface area (Å²) in [4.78, 5) is 38.7. The van der Waals surface area contributed by atoms with Gasteiger partial charge in [-0.3, -0.25) is 14.9 Å². The second kappa shape index (κ2) is 10.4. The second-order valence-corrected chi connectivity index (χ2v) is 8.82. The highest BCUT2D eigenvalue weighted by atomic mass is 16.6. The Balaban J connectivity index is 1.74. The zero-order chi connectivity index (χ0) is 24.9. The van der Waals surface area contributed by atoms with Crippen LogP contribution in [0.4, 0.5) is 16.2 Å². The van der Waals surface area contributed by atoms with Crippen molar-refractivity contribution in [2.45, 2.75) is 25.9 Å². The average molecular weight is 474 g/mol. The molecule has 0 saturated carbocycles. The Bertz CT molecular complexity index is 1180. The number of anilines is 1. The summed E-state index contributed by atoms with van der Waals surface area (Å²) in [6.07, 6.45) is -0.670. The maximum absolute atomic E-state index is 14.0. The van der Waals surface area contributed by atoms with Crippen molar-refractivity contribution >= 4 is 23.4 Å². The van der Waals surface area contributed by atoms with E-state index >= 15 is 0 Å². The lowest BCUT2D eigenvalue weighted by molar-refractivity contribution is -0.384. The molecule has 1 saturated heterocycles. The standard InChI is InChI=1S/C27H27N3O5/c1-18(2)24(26(31)29-23(17-35-27(29)32)19-9-5-3-6-10-19)25(28-21-11-7-4-8-12-21)20-13-15-22(16-14-20)30(33)34/h3-16,18,23-25,28H,17H2,1-2H3/t23-,24-,25+/m0/s1. The fourth-order valence-corrected chi connectivity index (χ4v) is 4.46. The van der Waals surface area contributed by atoms with Gasteiger partial charge in [0.2, 0.25) is 5.91 Å². The number of rotatable bonds is 8. The fraction of sp³-hybridized carbons (Fsp3) is 0.259. The molecule has 3 atom stereocenters. The lowest BCUT2D eigenvalue weighted by Gasteiger charge is -2.34. The third kappa shape index (κ3) is 5.16. The quantitative estimate of drug-likeness (QED) is 0.331. The number of nitrogens with zero attached hydrogens (tertiary/aromatic N) is 2. The average Bonchev–Trinajstić information content (AvgIpc) is 3.26. The first-order valence-electron chi connectivity index (χ1n) is 11.5. The van der Waals surface area contributed by atoms with Crippen molar-refractivity contribution in [1.82, 2.24) is 4.90 Å². The van der Waals surface area contributed by atoms with Crippen LogP contribution in [0.15, 0.2) is 84.9 Å². The molecular weight excluding hydrogens is 446 g/mol. The van der Waals surface area contributed by atoms with Crippen molar-refractivity contribution in [3.05, 3.63) is 106 Å². The molecule has 0 aliphatic carbocycles. The molecule has 1 fully saturated rings. The van der Waals surface area contributed by atoms with Crippen molar-refractivity contribution in [2.75, 3.05) is 11.9 Å². The summed E-state index contributed by atoms with van der Waals surface area (Å²) in [5.41, 5.74) is 2.28. The lowest BCUT2D eigenvalue weighted by Crippen LogP contribution is -2.44. The van der Waals surface area contributed by atoms with E-state index in [4.69, 9.17) is 4.74 Å². The summed E-state index contributed by atoms with van der Waals surface area (Å²) in [5.74, 6) is -1.18. The third-order valence-corrected chi connectivity index (χ3v) is 6.22. The number of imide groups is 1. The molecule has 35 heavy (non-hydrogen) atoms. The Hall–Kier alpha value is -4.20. The Morgan fingerprint density at radius 1 is 1.00 bits per heavy atom. The summed E-state index contributed by atoms with van der Waals surface area (Å²) >= 11 is 0. The summed E-state index contributed by atoms with van der Waals surface area (Å²) in [6.45, 7) is 3.94. The van der Waals surface area contributed by atoms with Crippen molar-refractivity contribution in [3.63, 3.8) is 0 Å². The molecule has 180 valence electrons. The molecule has 0 radical (unpaired) electrons. The summed E-state index contributed by atoms with van der Waals surface area (Å²) in [7, 11) is 0. The van der Waals surface area contributed by atoms with Crippen LogP contribution in [0.5, 0.6) is 0 Å². The molecule has 1 aliphatic rings. The summed E-state index contributed by atoms with van der Waals surface area (Å²) in [5, 5.41) is 14.6. The van der Waals surface area contributed by atoms with Gasteiger partial charge in [-0.05, 0) is 29.2 Å². The number of hydrogen-bond acceptors (Lipinski definition) is 6. The van der Waals surface area contributed by atoms with Crippen LogP contribution in [-0.2, 0) is 9.53 Å². The maximum Gasteiger partial charge on any atom is 0.417 e. The van der Waals surface area contributed by atoms with Crippen molar-refractivity contribution in [3.8, 4) is 0 Å². The first-order chi connectivity index (χ1) is 16.9. The van der Waals surface area contributed by atoms with Gasteiger partial charge in [0.25, 0.3) is 5.69 Å². The number of carbonyl (C=O) groups is 2. The lowest BCUT2D eigenvalue weighted by atomic mass is 9.82. The second-order valence-electron chi connectivity index (χ2n) is 8.82. The molecule has 1 heterocycles. The molecule has 3 aromatic carbocycles. The van der Waals surface area contributed by atoms with Crippen LogP contribution in [0.2, 0.25) is 0 Å². The van der Waals surface area contributed by atoms with Crippen molar-refractivity contribution in [2.24, 2.45) is 11.8 Å². The first kappa shape index (κ1) is 23.9. The van der Waals surface area contributed by atoms with Crippen molar-refractivity contribution < 1.29 is 19.2 Å². The van der Waals surface area contributed by atoms with E-state index in [1.165, 1.54) is 17.0 Å². The largest absolute Gasteiger partial charge is 0.446 e. The zero-order valence-electron chi connectivity index (χ0n) is 19.5. The van der Waals surface area contributed by atoms with E-state index in [9.17, 15) is 19.7 Å². The van der Waals surface area contributed by atoms with Crippen LogP contribution in [0.25, 0.3) is 0 Å². The summed E-state index contributed by atoms with van der Waals surface area (Å²) in [6, 6.07) is 23.8. The number of hydrogen-bond donors (Lipinski definition) is 1. The number of cyclic esters (lactones) is 1. The number of nitrogens with one attached hydrogen (secondary N) is 1. The van der Waals surface area contributed by atoms with E-state index in [-0.39, 0.29) is 24.1 Å². The van der Waals surface area contributed by atoms with Crippen LogP contribution in [0.1, 0.15) is 37.1 Å². The van der Waals surface area contributed by atoms with E-state index in [0.717, 1.165) is 11.3 Å². The van der Waals surface area contributed by atoms with Gasteiger partial charge in [0.05, 0.1) is 16.9 Å². The highest BCUT2D eigenvalue weighted by molar-refractivity contribution is 5.95. The van der Waals surface area contributed by atoms with E-state index in [2.05, 4.69) is 5.32 Å². The minimum atomic E-state index is -0.670. The van der Waals surface area contributed by atoms with Gasteiger partial charge >= 0.3 is 6.09 Å². The third-order valence-electron chi connectivity index (χ3n) is 6.22. The van der Waals surface area contributed by atoms with Crippen LogP contribution in [-0.4, -0.2) is 28.4 Å². The number of nitro groups is 1. The van der Waals surface area contributed by atoms with Gasteiger partial charge in [0, 0.05) is 17.8 Å². The van der Waals surface area contributed by atoms with Crippen LogP contribution >= 0.6 is 0 Å². The van der Waals surface area contributed by atoms with Gasteiger partial charge in [-0.2, -0.15) is 0 Å². The zero-order valence-corrected chi connectivity index (χ0v) is 19.5. The summed E-state index contributed by atoms with van der Waals surface area (Å²) < 4.78 is 5.30. The molecule has 4 rings (SSSR count). The van der Waals surface area contributed by atoms with E-state index in [0.29, 0.717) is 5.56 Å². The fourth-order valence-electron chi connectivity index (χ4n) is 4.46. The molecule has 0 unspecified atom stereocenters. The Morgan fingerprint density at radius 3 is 2.17 bits per heavy atom. The molecule has 1 N–H and O–H groups in total. The van der Waals surface area contributed by atoms with E-state index in [1.54, 1.807) is 12.1 Å². The Morgan fingerprint density at radius 2 is 1.60 bits per heavy atom.